The summed E-state index contributed by atoms with van der Waals surface area (Å²) in [5.41, 5.74) is 0.291. The Labute approximate surface area is 132 Å². The van der Waals surface area contributed by atoms with E-state index in [0.29, 0.717) is 5.56 Å². The Balaban J connectivity index is 0.00000242. The van der Waals surface area contributed by atoms with Crippen LogP contribution in [0.4, 0.5) is 13.2 Å². The molecule has 0 radical (unpaired) electrons. The third-order valence-electron chi connectivity index (χ3n) is 3.28. The quantitative estimate of drug-likeness (QED) is 0.887. The Morgan fingerprint density at radius 2 is 2.05 bits per heavy atom. The van der Waals surface area contributed by atoms with E-state index in [1.165, 1.54) is 18.2 Å². The van der Waals surface area contributed by atoms with E-state index in [0.717, 1.165) is 25.8 Å². The van der Waals surface area contributed by atoms with E-state index in [9.17, 15) is 18.0 Å². The highest BCUT2D eigenvalue weighted by Gasteiger charge is 2.32. The molecule has 0 spiro atoms. The number of halogens is 4. The van der Waals surface area contributed by atoms with Gasteiger partial charge in [-0.05, 0) is 25.5 Å². The van der Waals surface area contributed by atoms with Crippen LogP contribution in [-0.4, -0.2) is 24.9 Å². The van der Waals surface area contributed by atoms with Gasteiger partial charge in [0.1, 0.15) is 5.75 Å². The zero-order valence-electron chi connectivity index (χ0n) is 11.8. The lowest BCUT2D eigenvalue weighted by Gasteiger charge is -2.22. The fourth-order valence-electron chi connectivity index (χ4n) is 2.26. The van der Waals surface area contributed by atoms with Gasteiger partial charge in [-0.25, -0.2) is 0 Å². The van der Waals surface area contributed by atoms with Crippen LogP contribution < -0.4 is 15.4 Å². The van der Waals surface area contributed by atoms with Crippen LogP contribution in [0.1, 0.15) is 24.8 Å². The zero-order valence-corrected chi connectivity index (χ0v) is 12.6. The molecule has 22 heavy (non-hydrogen) atoms. The number of hydrogen-bond donors (Lipinski definition) is 2. The molecule has 1 atom stereocenters. The van der Waals surface area contributed by atoms with Crippen LogP contribution in [-0.2, 0) is 11.3 Å². The fourth-order valence-corrected chi connectivity index (χ4v) is 2.26. The maximum absolute atomic E-state index is 12.3. The maximum Gasteiger partial charge on any atom is 0.573 e. The van der Waals surface area contributed by atoms with Crippen molar-refractivity contribution in [2.45, 2.75) is 38.2 Å². The number of carbonyl (C=O) groups excluding carboxylic acids is 1. The van der Waals surface area contributed by atoms with E-state index in [-0.39, 0.29) is 36.7 Å². The van der Waals surface area contributed by atoms with Crippen LogP contribution in [0.3, 0.4) is 0 Å². The van der Waals surface area contributed by atoms with E-state index in [2.05, 4.69) is 15.4 Å². The fraction of sp³-hybridized carbons (Fsp3) is 0.500. The van der Waals surface area contributed by atoms with Gasteiger partial charge in [0.2, 0.25) is 5.91 Å². The normalized spacial score (nSPS) is 18.2. The number of rotatable bonds is 4. The number of carbonyl (C=O) groups is 1. The number of ether oxygens (including phenoxy) is 1. The Kier molecular flexibility index (Phi) is 6.96. The largest absolute Gasteiger partial charge is 0.573 e. The van der Waals surface area contributed by atoms with Gasteiger partial charge in [0.05, 0.1) is 6.04 Å². The first-order chi connectivity index (χ1) is 9.96. The monoisotopic (exact) mass is 338 g/mol. The second-order valence-corrected chi connectivity index (χ2v) is 4.88. The highest BCUT2D eigenvalue weighted by molar-refractivity contribution is 5.85. The smallest absolute Gasteiger partial charge is 0.405 e. The predicted molar refractivity (Wildman–Crippen MR) is 77.9 cm³/mol. The van der Waals surface area contributed by atoms with Gasteiger partial charge in [0, 0.05) is 12.1 Å². The van der Waals surface area contributed by atoms with Gasteiger partial charge >= 0.3 is 6.36 Å². The molecule has 1 heterocycles. The summed E-state index contributed by atoms with van der Waals surface area (Å²) in [6.07, 6.45) is -2.00. The van der Waals surface area contributed by atoms with Crippen molar-refractivity contribution in [2.75, 3.05) is 6.54 Å². The SMILES string of the molecule is Cl.O=C(NCc1ccccc1OC(F)(F)F)[C@@H]1CCCCN1. The van der Waals surface area contributed by atoms with Gasteiger partial charge in [-0.1, -0.05) is 24.6 Å². The molecule has 124 valence electrons. The molecule has 2 rings (SSSR count). The van der Waals surface area contributed by atoms with Crippen molar-refractivity contribution in [3.05, 3.63) is 29.8 Å². The first kappa shape index (κ1) is 18.6. The lowest BCUT2D eigenvalue weighted by molar-refractivity contribution is -0.274. The summed E-state index contributed by atoms with van der Waals surface area (Å²) in [5, 5.41) is 5.73. The van der Waals surface area contributed by atoms with Crippen LogP contribution in [0, 0.1) is 0 Å². The third kappa shape index (κ3) is 5.73. The Hall–Kier alpha value is -1.47. The van der Waals surface area contributed by atoms with Gasteiger partial charge in [-0.3, -0.25) is 4.79 Å². The van der Waals surface area contributed by atoms with E-state index in [4.69, 9.17) is 0 Å². The van der Waals surface area contributed by atoms with Crippen LogP contribution >= 0.6 is 12.4 Å². The number of hydrogen-bond acceptors (Lipinski definition) is 3. The number of nitrogens with one attached hydrogen (secondary N) is 2. The first-order valence-corrected chi connectivity index (χ1v) is 6.80. The van der Waals surface area contributed by atoms with Crippen molar-refractivity contribution in [3.8, 4) is 5.75 Å². The molecule has 1 aromatic rings. The maximum atomic E-state index is 12.3. The van der Waals surface area contributed by atoms with Gasteiger partial charge in [-0.15, -0.1) is 25.6 Å². The summed E-state index contributed by atoms with van der Waals surface area (Å²) in [6, 6.07) is 5.51. The minimum Gasteiger partial charge on any atom is -0.405 e. The minimum absolute atomic E-state index is 0. The van der Waals surface area contributed by atoms with Crippen LogP contribution in [0.15, 0.2) is 24.3 Å². The molecule has 0 unspecified atom stereocenters. The van der Waals surface area contributed by atoms with Gasteiger partial charge in [0.25, 0.3) is 0 Å². The van der Waals surface area contributed by atoms with Crippen LogP contribution in [0.2, 0.25) is 0 Å². The first-order valence-electron chi connectivity index (χ1n) is 6.80. The van der Waals surface area contributed by atoms with E-state index in [1.807, 2.05) is 0 Å². The Bertz CT molecular complexity index is 491. The minimum atomic E-state index is -4.75. The number of para-hydroxylation sites is 1. The molecule has 0 aromatic heterocycles. The number of benzene rings is 1. The van der Waals surface area contributed by atoms with Gasteiger partial charge in [-0.2, -0.15) is 0 Å². The van der Waals surface area contributed by atoms with E-state index >= 15 is 0 Å². The highest BCUT2D eigenvalue weighted by atomic mass is 35.5. The average molecular weight is 339 g/mol. The third-order valence-corrected chi connectivity index (χ3v) is 3.28. The highest BCUT2D eigenvalue weighted by Crippen LogP contribution is 2.26. The molecule has 1 fully saturated rings. The molecule has 0 bridgehead atoms. The van der Waals surface area contributed by atoms with Crippen molar-refractivity contribution in [1.29, 1.82) is 0 Å². The Morgan fingerprint density at radius 3 is 2.68 bits per heavy atom. The van der Waals surface area contributed by atoms with Crippen molar-refractivity contribution in [3.63, 3.8) is 0 Å². The average Bonchev–Trinajstić information content (AvgIpc) is 2.45. The molecule has 1 saturated heterocycles. The number of amides is 1. The summed E-state index contributed by atoms with van der Waals surface area (Å²) in [4.78, 5) is 11.9. The molecule has 1 amide bonds. The molecule has 1 aromatic carbocycles. The number of piperidine rings is 1. The summed E-state index contributed by atoms with van der Waals surface area (Å²) >= 11 is 0. The summed E-state index contributed by atoms with van der Waals surface area (Å²) in [5.74, 6) is -0.488. The summed E-state index contributed by atoms with van der Waals surface area (Å²) in [7, 11) is 0. The lowest BCUT2D eigenvalue weighted by atomic mass is 10.0. The van der Waals surface area contributed by atoms with Crippen molar-refractivity contribution < 1.29 is 22.7 Å². The molecule has 8 heteroatoms. The standard InChI is InChI=1S/C14H17F3N2O2.ClH/c15-14(16,17)21-12-7-2-1-5-10(12)9-19-13(20)11-6-3-4-8-18-11;/h1-2,5,7,11,18H,3-4,6,8-9H2,(H,19,20);1H/t11-;/m0./s1. The van der Waals surface area contributed by atoms with Crippen molar-refractivity contribution in [1.82, 2.24) is 10.6 Å². The Morgan fingerprint density at radius 1 is 1.32 bits per heavy atom. The second-order valence-electron chi connectivity index (χ2n) is 4.88. The molecule has 0 saturated carbocycles. The molecular weight excluding hydrogens is 321 g/mol. The summed E-state index contributed by atoms with van der Waals surface area (Å²) in [6.45, 7) is 0.787. The molecule has 4 nitrogen and oxygen atoms in total. The zero-order chi connectivity index (χ0) is 15.3. The van der Waals surface area contributed by atoms with E-state index in [1.54, 1.807) is 6.07 Å². The van der Waals surface area contributed by atoms with E-state index < -0.39 is 6.36 Å². The predicted octanol–water partition coefficient (Wildman–Crippen LogP) is 2.77. The van der Waals surface area contributed by atoms with Crippen molar-refractivity contribution >= 4 is 18.3 Å². The topological polar surface area (TPSA) is 50.4 Å². The second kappa shape index (κ2) is 8.24. The molecule has 1 aliphatic rings. The molecule has 2 N–H and O–H groups in total. The van der Waals surface area contributed by atoms with Crippen LogP contribution in [0.25, 0.3) is 0 Å². The van der Waals surface area contributed by atoms with Crippen molar-refractivity contribution in [2.24, 2.45) is 0 Å². The van der Waals surface area contributed by atoms with Crippen LogP contribution in [0.5, 0.6) is 5.75 Å². The molecule has 0 aliphatic carbocycles. The van der Waals surface area contributed by atoms with Gasteiger partial charge in [0.15, 0.2) is 0 Å². The van der Waals surface area contributed by atoms with Gasteiger partial charge < -0.3 is 15.4 Å². The lowest BCUT2D eigenvalue weighted by Crippen LogP contribution is -2.46. The number of alkyl halides is 3. The molecular formula is C14H18ClF3N2O2. The summed E-state index contributed by atoms with van der Waals surface area (Å²) < 4.78 is 40.8. The molecule has 1 aliphatic heterocycles.